The van der Waals surface area contributed by atoms with E-state index in [-0.39, 0.29) is 12.0 Å². The summed E-state index contributed by atoms with van der Waals surface area (Å²) in [5.41, 5.74) is 3.20. The molecule has 9 heteroatoms. The Balaban J connectivity index is 1.44. The number of fused-ring (bicyclic) bond motifs is 1. The maximum Gasteiger partial charge on any atom is 0.339 e. The van der Waals surface area contributed by atoms with Gasteiger partial charge in [0.2, 0.25) is 0 Å². The van der Waals surface area contributed by atoms with Crippen LogP contribution in [0.2, 0.25) is 5.02 Å². The van der Waals surface area contributed by atoms with Gasteiger partial charge < -0.3 is 14.5 Å². The monoisotopic (exact) mass is 547 g/mol. The van der Waals surface area contributed by atoms with E-state index in [0.717, 1.165) is 31.2 Å². The predicted octanol–water partition coefficient (Wildman–Crippen LogP) is 7.50. The van der Waals surface area contributed by atoms with Crippen molar-refractivity contribution in [1.82, 2.24) is 4.98 Å². The molecule has 1 aliphatic rings. The lowest BCUT2D eigenvalue weighted by molar-refractivity contribution is 0.0378. The first kappa shape index (κ1) is 25.9. The van der Waals surface area contributed by atoms with Gasteiger partial charge in [0.25, 0.3) is 5.91 Å². The number of aliphatic imine (C=N–C) groups is 1. The summed E-state index contributed by atoms with van der Waals surface area (Å²) in [7, 11) is 0. The molecule has 0 atom stereocenters. The Labute approximate surface area is 229 Å². The zero-order valence-corrected chi connectivity index (χ0v) is 22.6. The fourth-order valence-corrected chi connectivity index (χ4v) is 5.77. The van der Waals surface area contributed by atoms with E-state index in [0.29, 0.717) is 43.9 Å². The molecule has 3 heterocycles. The molecule has 0 saturated carbocycles. The fraction of sp³-hybridized carbons (Fsp3) is 0.241. The number of amides is 1. The molecule has 4 aromatic rings. The zero-order valence-electron chi connectivity index (χ0n) is 21.0. The number of nitrogens with one attached hydrogen (secondary N) is 1. The van der Waals surface area contributed by atoms with E-state index < -0.39 is 5.97 Å². The number of furan rings is 1. The Kier molecular flexibility index (Phi) is 7.72. The van der Waals surface area contributed by atoms with Crippen LogP contribution in [0, 0.1) is 0 Å². The summed E-state index contributed by atoms with van der Waals surface area (Å²) in [6.45, 7) is 3.59. The van der Waals surface area contributed by atoms with E-state index in [9.17, 15) is 9.59 Å². The number of aryl methyl sites for hydroxylation is 1. The minimum atomic E-state index is -0.452. The number of carbonyl (C=O) groups excluding carboxylic acids is 2. The highest BCUT2D eigenvalue weighted by atomic mass is 35.5. The number of halogens is 1. The average molecular weight is 548 g/mol. The summed E-state index contributed by atoms with van der Waals surface area (Å²) in [4.78, 5) is 35.9. The minimum absolute atomic E-state index is 0.197. The summed E-state index contributed by atoms with van der Waals surface area (Å²) >= 11 is 7.76. The van der Waals surface area contributed by atoms with Crippen LogP contribution < -0.4 is 5.32 Å². The lowest BCUT2D eigenvalue weighted by atomic mass is 9.95. The lowest BCUT2D eigenvalue weighted by Crippen LogP contribution is -2.14. The van der Waals surface area contributed by atoms with E-state index in [1.807, 2.05) is 0 Å². The number of esters is 1. The average Bonchev–Trinajstić information content (AvgIpc) is 3.52. The van der Waals surface area contributed by atoms with E-state index in [1.165, 1.54) is 4.88 Å². The van der Waals surface area contributed by atoms with Gasteiger partial charge in [-0.05, 0) is 87.6 Å². The van der Waals surface area contributed by atoms with Crippen LogP contribution in [0.25, 0.3) is 11.3 Å². The standard InChI is InChI=1S/C29H26ClN3O4S/c1-17(2)36-29(35)21-11-9-18(30)14-23(21)24-12-10-20(37-24)16-32-28-26(22-7-3-4-8-25(22)38-28)27(34)33-19-6-5-13-31-15-19/h5-6,9-17H,3-4,7-8H2,1-2H3,(H,33,34). The molecule has 38 heavy (non-hydrogen) atoms. The third kappa shape index (κ3) is 5.71. The Hall–Kier alpha value is -3.75. The summed E-state index contributed by atoms with van der Waals surface area (Å²) in [6, 6.07) is 12.0. The molecule has 1 aromatic carbocycles. The zero-order chi connectivity index (χ0) is 26.6. The van der Waals surface area contributed by atoms with Gasteiger partial charge >= 0.3 is 5.97 Å². The molecule has 3 aromatic heterocycles. The van der Waals surface area contributed by atoms with Crippen molar-refractivity contribution in [1.29, 1.82) is 0 Å². The van der Waals surface area contributed by atoms with Crippen LogP contribution in [-0.2, 0) is 17.6 Å². The number of nitrogens with zero attached hydrogens (tertiary/aromatic N) is 2. The summed E-state index contributed by atoms with van der Waals surface area (Å²) in [6.07, 6.45) is 8.56. The van der Waals surface area contributed by atoms with Crippen LogP contribution in [-0.4, -0.2) is 29.2 Å². The maximum absolute atomic E-state index is 13.3. The second-order valence-corrected chi connectivity index (χ2v) is 10.7. The molecular weight excluding hydrogens is 522 g/mol. The first-order valence-electron chi connectivity index (χ1n) is 12.4. The number of thiophene rings is 1. The van der Waals surface area contributed by atoms with Crippen molar-refractivity contribution >= 4 is 51.7 Å². The molecule has 7 nitrogen and oxygen atoms in total. The SMILES string of the molecule is CC(C)OC(=O)c1ccc(Cl)cc1-c1ccc(C=Nc2sc3c(c2C(=O)Nc2cccnc2)CCCC3)o1. The molecule has 194 valence electrons. The van der Waals surface area contributed by atoms with Gasteiger partial charge in [0.15, 0.2) is 0 Å². The topological polar surface area (TPSA) is 93.8 Å². The molecule has 1 N–H and O–H groups in total. The highest BCUT2D eigenvalue weighted by Gasteiger charge is 2.25. The van der Waals surface area contributed by atoms with Crippen molar-refractivity contribution in [3.8, 4) is 11.3 Å². The number of hydrogen-bond acceptors (Lipinski definition) is 7. The van der Waals surface area contributed by atoms with E-state index in [2.05, 4.69) is 15.3 Å². The Morgan fingerprint density at radius 1 is 1.18 bits per heavy atom. The Morgan fingerprint density at radius 3 is 2.82 bits per heavy atom. The lowest BCUT2D eigenvalue weighted by Gasteiger charge is -2.12. The molecule has 1 amide bonds. The summed E-state index contributed by atoms with van der Waals surface area (Å²) in [5.74, 6) is 0.293. The predicted molar refractivity (Wildman–Crippen MR) is 150 cm³/mol. The third-order valence-corrected chi connectivity index (χ3v) is 7.48. The molecule has 1 aliphatic carbocycles. The van der Waals surface area contributed by atoms with Gasteiger partial charge in [0.05, 0.1) is 35.3 Å². The Bertz CT molecular complexity index is 1510. The number of hydrogen-bond donors (Lipinski definition) is 1. The first-order chi connectivity index (χ1) is 18.4. The number of benzene rings is 1. The van der Waals surface area contributed by atoms with E-state index >= 15 is 0 Å². The highest BCUT2D eigenvalue weighted by molar-refractivity contribution is 7.16. The number of anilines is 1. The molecule has 0 radical (unpaired) electrons. The highest BCUT2D eigenvalue weighted by Crippen LogP contribution is 2.40. The van der Waals surface area contributed by atoms with Crippen molar-refractivity contribution in [3.05, 3.63) is 87.2 Å². The first-order valence-corrected chi connectivity index (χ1v) is 13.6. The number of pyridine rings is 1. The van der Waals surface area contributed by atoms with E-state index in [4.69, 9.17) is 20.8 Å². The van der Waals surface area contributed by atoms with Gasteiger partial charge in [-0.1, -0.05) is 11.6 Å². The summed E-state index contributed by atoms with van der Waals surface area (Å²) in [5, 5.41) is 4.06. The molecular formula is C29H26ClN3O4S. The van der Waals surface area contributed by atoms with Gasteiger partial charge in [-0.25, -0.2) is 9.79 Å². The molecule has 0 saturated heterocycles. The van der Waals surface area contributed by atoms with Crippen LogP contribution in [0.5, 0.6) is 0 Å². The fourth-order valence-electron chi connectivity index (χ4n) is 4.37. The molecule has 0 spiro atoms. The van der Waals surface area contributed by atoms with E-state index in [1.54, 1.807) is 86.3 Å². The van der Waals surface area contributed by atoms with Gasteiger partial charge in [0, 0.05) is 21.7 Å². The minimum Gasteiger partial charge on any atom is -0.459 e. The van der Waals surface area contributed by atoms with Gasteiger partial charge in [-0.15, -0.1) is 11.3 Å². The molecule has 0 aliphatic heterocycles. The molecule has 0 bridgehead atoms. The maximum atomic E-state index is 13.3. The number of carbonyl (C=O) groups is 2. The second-order valence-electron chi connectivity index (χ2n) is 9.19. The van der Waals surface area contributed by atoms with Crippen molar-refractivity contribution in [2.24, 2.45) is 4.99 Å². The van der Waals surface area contributed by atoms with Crippen molar-refractivity contribution in [2.45, 2.75) is 45.6 Å². The third-order valence-electron chi connectivity index (χ3n) is 6.04. The molecule has 0 unspecified atom stereocenters. The number of aromatic nitrogens is 1. The molecule has 0 fully saturated rings. The number of ether oxygens (including phenoxy) is 1. The second kappa shape index (κ2) is 11.3. The van der Waals surface area contributed by atoms with Gasteiger partial charge in [-0.3, -0.25) is 9.78 Å². The largest absolute Gasteiger partial charge is 0.459 e. The van der Waals surface area contributed by atoms with Crippen LogP contribution in [0.15, 0.2) is 64.3 Å². The van der Waals surface area contributed by atoms with Crippen LogP contribution >= 0.6 is 22.9 Å². The normalized spacial score (nSPS) is 13.1. The quantitative estimate of drug-likeness (QED) is 0.191. The van der Waals surface area contributed by atoms with Crippen LogP contribution in [0.1, 0.15) is 63.6 Å². The molecule has 5 rings (SSSR count). The van der Waals surface area contributed by atoms with Crippen molar-refractivity contribution < 1.29 is 18.7 Å². The Morgan fingerprint density at radius 2 is 2.03 bits per heavy atom. The van der Waals surface area contributed by atoms with Gasteiger partial charge in [-0.2, -0.15) is 0 Å². The van der Waals surface area contributed by atoms with Crippen molar-refractivity contribution in [2.75, 3.05) is 5.32 Å². The van der Waals surface area contributed by atoms with Gasteiger partial charge in [0.1, 0.15) is 16.5 Å². The van der Waals surface area contributed by atoms with Crippen molar-refractivity contribution in [3.63, 3.8) is 0 Å². The van der Waals surface area contributed by atoms with Crippen LogP contribution in [0.4, 0.5) is 10.7 Å². The summed E-state index contributed by atoms with van der Waals surface area (Å²) < 4.78 is 11.4. The van der Waals surface area contributed by atoms with Crippen LogP contribution in [0.3, 0.4) is 0 Å². The smallest absolute Gasteiger partial charge is 0.339 e. The number of rotatable bonds is 7.